The van der Waals surface area contributed by atoms with Gasteiger partial charge < -0.3 is 9.57 Å². The Morgan fingerprint density at radius 3 is 2.65 bits per heavy atom. The molecule has 5 heteroatoms. The second-order valence-electron chi connectivity index (χ2n) is 3.27. The van der Waals surface area contributed by atoms with Crippen LogP contribution < -0.4 is 0 Å². The number of benzene rings is 1. The van der Waals surface area contributed by atoms with E-state index in [1.54, 1.807) is 19.1 Å². The summed E-state index contributed by atoms with van der Waals surface area (Å²) in [4.78, 5) is 15.8. The van der Waals surface area contributed by atoms with E-state index in [2.05, 4.69) is 17.0 Å². The predicted molar refractivity (Wildman–Crippen MR) is 62.7 cm³/mol. The smallest absolute Gasteiger partial charge is 0.333 e. The monoisotopic (exact) mass is 234 g/mol. The lowest BCUT2D eigenvalue weighted by Crippen LogP contribution is -2.09. The summed E-state index contributed by atoms with van der Waals surface area (Å²) in [6, 6.07) is 9.19. The van der Waals surface area contributed by atoms with Crippen LogP contribution in [0.1, 0.15) is 6.92 Å². The van der Waals surface area contributed by atoms with Crippen molar-refractivity contribution in [3.8, 4) is 0 Å². The molecule has 0 aliphatic rings. The lowest BCUT2D eigenvalue weighted by atomic mass is 10.3. The summed E-state index contributed by atoms with van der Waals surface area (Å²) in [5.74, 6) is -0.436. The summed E-state index contributed by atoms with van der Waals surface area (Å²) in [6.07, 6.45) is 0. The highest BCUT2D eigenvalue weighted by molar-refractivity contribution is 5.86. The first-order valence-electron chi connectivity index (χ1n) is 5.11. The Labute approximate surface area is 99.7 Å². The molecule has 0 aliphatic heterocycles. The van der Waals surface area contributed by atoms with E-state index in [0.717, 1.165) is 0 Å². The van der Waals surface area contributed by atoms with E-state index in [1.165, 1.54) is 0 Å². The number of carbonyl (C=O) groups excluding carboxylic acids is 1. The standard InChI is InChI=1S/C12H14N2O3/c1-10(2)12(15)16-8-9-17-14-13-11-6-4-3-5-7-11/h3-7H,1,8-9H2,2H3. The van der Waals surface area contributed by atoms with E-state index in [1.807, 2.05) is 18.2 Å². The van der Waals surface area contributed by atoms with Crippen molar-refractivity contribution >= 4 is 11.7 Å². The first kappa shape index (κ1) is 12.9. The summed E-state index contributed by atoms with van der Waals surface area (Å²) < 4.78 is 4.79. The molecule has 0 atom stereocenters. The molecule has 1 rings (SSSR count). The van der Waals surface area contributed by atoms with E-state index in [9.17, 15) is 4.79 Å². The van der Waals surface area contributed by atoms with Crippen LogP contribution in [0, 0.1) is 0 Å². The fourth-order valence-corrected chi connectivity index (χ4v) is 0.906. The Hall–Kier alpha value is -2.17. The molecule has 0 spiro atoms. The van der Waals surface area contributed by atoms with Crippen molar-refractivity contribution in [3.05, 3.63) is 42.5 Å². The molecule has 17 heavy (non-hydrogen) atoms. The van der Waals surface area contributed by atoms with Gasteiger partial charge in [-0.15, -0.1) is 5.11 Å². The summed E-state index contributed by atoms with van der Waals surface area (Å²) in [5.41, 5.74) is 1.06. The van der Waals surface area contributed by atoms with Gasteiger partial charge >= 0.3 is 5.97 Å². The van der Waals surface area contributed by atoms with Gasteiger partial charge in [-0.1, -0.05) is 24.8 Å². The number of nitrogens with zero attached hydrogens (tertiary/aromatic N) is 2. The van der Waals surface area contributed by atoms with Crippen LogP contribution >= 0.6 is 0 Å². The molecule has 0 saturated heterocycles. The predicted octanol–water partition coefficient (Wildman–Crippen LogP) is 2.82. The summed E-state index contributed by atoms with van der Waals surface area (Å²) >= 11 is 0. The van der Waals surface area contributed by atoms with Crippen LogP contribution in [-0.4, -0.2) is 19.2 Å². The minimum Gasteiger partial charge on any atom is -0.459 e. The normalized spacial score (nSPS) is 10.2. The largest absolute Gasteiger partial charge is 0.459 e. The zero-order valence-corrected chi connectivity index (χ0v) is 9.63. The molecule has 0 aliphatic carbocycles. The highest BCUT2D eigenvalue weighted by atomic mass is 16.7. The van der Waals surface area contributed by atoms with E-state index in [-0.39, 0.29) is 13.2 Å². The van der Waals surface area contributed by atoms with Crippen LogP contribution in [0.2, 0.25) is 0 Å². The average Bonchev–Trinajstić information content (AvgIpc) is 2.34. The summed E-state index contributed by atoms with van der Waals surface area (Å²) in [7, 11) is 0. The Balaban J connectivity index is 2.15. The number of rotatable bonds is 6. The molecule has 0 aromatic heterocycles. The van der Waals surface area contributed by atoms with Gasteiger partial charge in [0.25, 0.3) is 0 Å². The van der Waals surface area contributed by atoms with E-state index >= 15 is 0 Å². The van der Waals surface area contributed by atoms with Gasteiger partial charge in [-0.3, -0.25) is 0 Å². The molecule has 0 fully saturated rings. The Morgan fingerprint density at radius 2 is 2.00 bits per heavy atom. The molecular weight excluding hydrogens is 220 g/mol. The topological polar surface area (TPSA) is 60.2 Å². The number of carbonyl (C=O) groups is 1. The fourth-order valence-electron chi connectivity index (χ4n) is 0.906. The van der Waals surface area contributed by atoms with Crippen molar-refractivity contribution in [1.29, 1.82) is 0 Å². The van der Waals surface area contributed by atoms with Gasteiger partial charge in [0.05, 0.1) is 5.69 Å². The summed E-state index contributed by atoms with van der Waals surface area (Å²) in [6.45, 7) is 5.32. The molecule has 1 aromatic rings. The maximum atomic E-state index is 11.0. The van der Waals surface area contributed by atoms with Gasteiger partial charge in [0.15, 0.2) is 6.61 Å². The van der Waals surface area contributed by atoms with Crippen LogP contribution in [-0.2, 0) is 14.4 Å². The number of hydrogen-bond acceptors (Lipinski definition) is 5. The Kier molecular flexibility index (Phi) is 5.43. The van der Waals surface area contributed by atoms with Crippen molar-refractivity contribution in [2.24, 2.45) is 10.4 Å². The zero-order valence-electron chi connectivity index (χ0n) is 9.63. The first-order chi connectivity index (χ1) is 8.20. The molecule has 0 amide bonds. The van der Waals surface area contributed by atoms with Gasteiger partial charge in [-0.2, -0.15) is 0 Å². The molecule has 0 unspecified atom stereocenters. The molecular formula is C12H14N2O3. The highest BCUT2D eigenvalue weighted by Crippen LogP contribution is 2.09. The zero-order chi connectivity index (χ0) is 12.5. The average molecular weight is 234 g/mol. The third kappa shape index (κ3) is 5.46. The quantitative estimate of drug-likeness (QED) is 0.250. The molecule has 90 valence electrons. The maximum absolute atomic E-state index is 11.0. The lowest BCUT2D eigenvalue weighted by Gasteiger charge is -2.01. The number of ether oxygens (including phenoxy) is 1. The second kappa shape index (κ2) is 7.16. The third-order valence-corrected chi connectivity index (χ3v) is 1.73. The molecule has 0 N–H and O–H groups in total. The summed E-state index contributed by atoms with van der Waals surface area (Å²) in [5, 5.41) is 7.30. The fraction of sp³-hybridized carbons (Fsp3) is 0.250. The van der Waals surface area contributed by atoms with Crippen molar-refractivity contribution in [2.45, 2.75) is 6.92 Å². The minimum atomic E-state index is -0.436. The van der Waals surface area contributed by atoms with Crippen LogP contribution in [0.15, 0.2) is 52.9 Å². The van der Waals surface area contributed by atoms with Crippen LogP contribution in [0.5, 0.6) is 0 Å². The minimum absolute atomic E-state index is 0.125. The maximum Gasteiger partial charge on any atom is 0.333 e. The SMILES string of the molecule is C=C(C)C(=O)OCCON=Nc1ccccc1. The highest BCUT2D eigenvalue weighted by Gasteiger charge is 2.01. The van der Waals surface area contributed by atoms with E-state index < -0.39 is 5.97 Å². The molecule has 5 nitrogen and oxygen atoms in total. The number of esters is 1. The molecule has 1 aromatic carbocycles. The second-order valence-corrected chi connectivity index (χ2v) is 3.27. The van der Waals surface area contributed by atoms with Crippen molar-refractivity contribution in [2.75, 3.05) is 13.2 Å². The van der Waals surface area contributed by atoms with Crippen LogP contribution in [0.3, 0.4) is 0 Å². The van der Waals surface area contributed by atoms with Gasteiger partial charge in [-0.25, -0.2) is 4.79 Å². The van der Waals surface area contributed by atoms with Gasteiger partial charge in [0.2, 0.25) is 0 Å². The third-order valence-electron chi connectivity index (χ3n) is 1.73. The Morgan fingerprint density at radius 1 is 1.29 bits per heavy atom. The molecule has 0 bridgehead atoms. The van der Waals surface area contributed by atoms with Gasteiger partial charge in [0, 0.05) is 10.9 Å². The van der Waals surface area contributed by atoms with Gasteiger partial charge in [0.1, 0.15) is 6.61 Å². The van der Waals surface area contributed by atoms with Crippen molar-refractivity contribution in [3.63, 3.8) is 0 Å². The van der Waals surface area contributed by atoms with Gasteiger partial charge in [-0.05, 0) is 19.1 Å². The molecule has 0 saturated carbocycles. The van der Waals surface area contributed by atoms with Crippen molar-refractivity contribution < 1.29 is 14.4 Å². The molecule has 0 radical (unpaired) electrons. The Bertz CT molecular complexity index is 401. The van der Waals surface area contributed by atoms with Crippen LogP contribution in [0.4, 0.5) is 5.69 Å². The van der Waals surface area contributed by atoms with Crippen molar-refractivity contribution in [1.82, 2.24) is 0 Å². The van der Waals surface area contributed by atoms with Crippen LogP contribution in [0.25, 0.3) is 0 Å². The van der Waals surface area contributed by atoms with E-state index in [4.69, 9.17) is 9.57 Å². The lowest BCUT2D eigenvalue weighted by molar-refractivity contribution is -0.140. The number of hydrogen-bond donors (Lipinski definition) is 0. The van der Waals surface area contributed by atoms with E-state index in [0.29, 0.717) is 11.3 Å². The molecule has 0 heterocycles. The first-order valence-corrected chi connectivity index (χ1v) is 5.11.